The van der Waals surface area contributed by atoms with Crippen molar-refractivity contribution in [1.82, 2.24) is 0 Å². The molecule has 0 spiro atoms. The van der Waals surface area contributed by atoms with Crippen LogP contribution in [0.5, 0.6) is 0 Å². The maximum Gasteiger partial charge on any atom is 0.216 e. The Morgan fingerprint density at radius 1 is 0.889 bits per heavy atom. The summed E-state index contributed by atoms with van der Waals surface area (Å²) in [6.07, 6.45) is 3.42. The number of pyridine rings is 1. The average Bonchev–Trinajstić information content (AvgIpc) is 2.58. The maximum atomic E-state index is 2.41. The Morgan fingerprint density at radius 3 is 2.22 bits per heavy atom. The second kappa shape index (κ2) is 7.46. The van der Waals surface area contributed by atoms with E-state index in [4.69, 9.17) is 0 Å². The molecule has 0 amide bonds. The van der Waals surface area contributed by atoms with Gasteiger partial charge >= 0.3 is 0 Å². The maximum absolute atomic E-state index is 2.41. The number of nitrogens with zero attached hydrogens (tertiary/aromatic N) is 1. The Balaban J connectivity index is 2.28. The number of fused-ring (bicyclic) bond motifs is 1. The van der Waals surface area contributed by atoms with Crippen LogP contribution < -0.4 is 4.57 Å². The molecule has 3 rings (SSSR count). The minimum Gasteiger partial charge on any atom is -0.200 e. The minimum absolute atomic E-state index is 0.534. The van der Waals surface area contributed by atoms with Gasteiger partial charge in [0.2, 0.25) is 5.69 Å². The molecule has 1 aromatic heterocycles. The number of hydrogen-bond donors (Lipinski definition) is 0. The lowest BCUT2D eigenvalue weighted by atomic mass is 9.89. The molecule has 0 saturated carbocycles. The van der Waals surface area contributed by atoms with Gasteiger partial charge in [0, 0.05) is 16.5 Å². The third-order valence-electron chi connectivity index (χ3n) is 5.82. The Hall–Kier alpha value is -2.15. The van der Waals surface area contributed by atoms with E-state index in [1.165, 1.54) is 49.8 Å². The highest BCUT2D eigenvalue weighted by atomic mass is 14.9. The van der Waals surface area contributed by atoms with Crippen molar-refractivity contribution >= 4 is 10.8 Å². The van der Waals surface area contributed by atoms with Gasteiger partial charge in [-0.2, -0.15) is 0 Å². The van der Waals surface area contributed by atoms with Crippen LogP contribution in [0.25, 0.3) is 22.0 Å². The number of rotatable bonds is 4. The summed E-state index contributed by atoms with van der Waals surface area (Å²) >= 11 is 0. The fourth-order valence-corrected chi connectivity index (χ4v) is 4.16. The Kier molecular flexibility index (Phi) is 5.42. The first-order valence-electron chi connectivity index (χ1n) is 10.2. The topological polar surface area (TPSA) is 3.88 Å². The second-order valence-corrected chi connectivity index (χ2v) is 8.90. The fraction of sp³-hybridized carbons (Fsp3) is 0.423. The van der Waals surface area contributed by atoms with E-state index in [2.05, 4.69) is 96.6 Å². The summed E-state index contributed by atoms with van der Waals surface area (Å²) in [6.45, 7) is 15.9. The normalized spacial score (nSPS) is 11.8. The first kappa shape index (κ1) is 19.6. The zero-order valence-corrected chi connectivity index (χ0v) is 18.3. The fourth-order valence-electron chi connectivity index (χ4n) is 4.16. The molecule has 0 bridgehead atoms. The lowest BCUT2D eigenvalue weighted by molar-refractivity contribution is -0.659. The van der Waals surface area contributed by atoms with Crippen LogP contribution in [-0.4, -0.2) is 0 Å². The Labute approximate surface area is 165 Å². The van der Waals surface area contributed by atoms with Crippen molar-refractivity contribution in [2.24, 2.45) is 13.0 Å². The highest BCUT2D eigenvalue weighted by Crippen LogP contribution is 2.33. The van der Waals surface area contributed by atoms with E-state index in [1.54, 1.807) is 0 Å². The van der Waals surface area contributed by atoms with Crippen molar-refractivity contribution in [3.63, 3.8) is 0 Å². The Morgan fingerprint density at radius 2 is 1.59 bits per heavy atom. The van der Waals surface area contributed by atoms with Crippen molar-refractivity contribution in [1.29, 1.82) is 0 Å². The van der Waals surface area contributed by atoms with Crippen LogP contribution in [0.15, 0.2) is 36.5 Å². The summed E-state index contributed by atoms with van der Waals surface area (Å²) in [5.41, 5.74) is 9.71. The summed E-state index contributed by atoms with van der Waals surface area (Å²) in [6, 6.07) is 11.7. The molecule has 0 radical (unpaired) electrons. The molecular weight excluding hydrogens is 326 g/mol. The van der Waals surface area contributed by atoms with Gasteiger partial charge in [-0.3, -0.25) is 0 Å². The van der Waals surface area contributed by atoms with Gasteiger partial charge in [0.1, 0.15) is 7.05 Å². The van der Waals surface area contributed by atoms with Gasteiger partial charge in [-0.1, -0.05) is 45.9 Å². The van der Waals surface area contributed by atoms with Crippen LogP contribution in [0, 0.1) is 26.7 Å². The molecular formula is C26H34N+. The molecule has 1 nitrogen and oxygen atoms in total. The third-order valence-corrected chi connectivity index (χ3v) is 5.82. The van der Waals surface area contributed by atoms with Crippen molar-refractivity contribution in [2.75, 3.05) is 0 Å². The SMILES string of the molecule is Cc1cc(C(C)C)cc(-c2c(C)c3cc(CC(C)C)ccc3c[n+]2C)c1C. The van der Waals surface area contributed by atoms with Gasteiger partial charge in [-0.25, -0.2) is 4.57 Å². The smallest absolute Gasteiger partial charge is 0.200 e. The first-order chi connectivity index (χ1) is 12.7. The standard InChI is InChI=1S/C26H34N/c1-16(2)11-21-9-10-22-15-27(8)26(20(7)24(22)13-21)25-14-23(17(3)4)12-18(5)19(25)6/h9-10,12-17H,11H2,1-8H3/q+1. The molecule has 0 aliphatic rings. The van der Waals surface area contributed by atoms with Crippen LogP contribution in [0.2, 0.25) is 0 Å². The molecule has 2 aromatic carbocycles. The van der Waals surface area contributed by atoms with Gasteiger partial charge in [-0.05, 0) is 78.8 Å². The van der Waals surface area contributed by atoms with Crippen molar-refractivity contribution in [2.45, 2.75) is 60.8 Å². The van der Waals surface area contributed by atoms with Gasteiger partial charge in [0.15, 0.2) is 6.20 Å². The molecule has 0 N–H and O–H groups in total. The second-order valence-electron chi connectivity index (χ2n) is 8.90. The van der Waals surface area contributed by atoms with Crippen LogP contribution in [0.4, 0.5) is 0 Å². The summed E-state index contributed by atoms with van der Waals surface area (Å²) in [5, 5.41) is 2.70. The predicted molar refractivity (Wildman–Crippen MR) is 117 cm³/mol. The summed E-state index contributed by atoms with van der Waals surface area (Å²) < 4.78 is 2.31. The number of hydrogen-bond acceptors (Lipinski definition) is 0. The van der Waals surface area contributed by atoms with Crippen LogP contribution >= 0.6 is 0 Å². The van der Waals surface area contributed by atoms with E-state index < -0.39 is 0 Å². The van der Waals surface area contributed by atoms with Gasteiger partial charge in [-0.15, -0.1) is 0 Å². The molecule has 0 unspecified atom stereocenters. The zero-order valence-electron chi connectivity index (χ0n) is 18.3. The third kappa shape index (κ3) is 3.78. The molecule has 0 aliphatic heterocycles. The van der Waals surface area contributed by atoms with Crippen LogP contribution in [-0.2, 0) is 13.5 Å². The van der Waals surface area contributed by atoms with Gasteiger partial charge in [0.05, 0.1) is 0 Å². The summed E-state index contributed by atoms with van der Waals surface area (Å²) in [4.78, 5) is 0. The molecule has 27 heavy (non-hydrogen) atoms. The predicted octanol–water partition coefficient (Wildman–Crippen LogP) is 6.58. The molecule has 1 heterocycles. The zero-order chi connectivity index (χ0) is 19.9. The highest BCUT2D eigenvalue weighted by molar-refractivity contribution is 5.89. The number of aromatic nitrogens is 1. The van der Waals surface area contributed by atoms with Crippen molar-refractivity contribution < 1.29 is 4.57 Å². The first-order valence-corrected chi connectivity index (χ1v) is 10.2. The van der Waals surface area contributed by atoms with E-state index in [1.807, 2.05) is 0 Å². The average molecular weight is 361 g/mol. The van der Waals surface area contributed by atoms with Crippen molar-refractivity contribution in [3.8, 4) is 11.3 Å². The minimum atomic E-state index is 0.534. The highest BCUT2D eigenvalue weighted by Gasteiger charge is 2.21. The molecule has 0 aliphatic carbocycles. The van der Waals surface area contributed by atoms with E-state index in [9.17, 15) is 0 Å². The van der Waals surface area contributed by atoms with E-state index >= 15 is 0 Å². The lowest BCUT2D eigenvalue weighted by Gasteiger charge is -2.16. The quantitative estimate of drug-likeness (QED) is 0.463. The largest absolute Gasteiger partial charge is 0.216 e. The van der Waals surface area contributed by atoms with E-state index in [-0.39, 0.29) is 0 Å². The molecule has 0 fully saturated rings. The van der Waals surface area contributed by atoms with E-state index in [0.29, 0.717) is 11.8 Å². The van der Waals surface area contributed by atoms with Crippen LogP contribution in [0.3, 0.4) is 0 Å². The molecule has 142 valence electrons. The van der Waals surface area contributed by atoms with E-state index in [0.717, 1.165) is 6.42 Å². The number of aryl methyl sites for hydroxylation is 3. The molecule has 1 heteroatoms. The molecule has 3 aromatic rings. The lowest BCUT2D eigenvalue weighted by Crippen LogP contribution is -2.32. The molecule has 0 saturated heterocycles. The van der Waals surface area contributed by atoms with Gasteiger partial charge in [0.25, 0.3) is 0 Å². The Bertz CT molecular complexity index is 993. The van der Waals surface area contributed by atoms with Gasteiger partial charge < -0.3 is 0 Å². The molecule has 0 atom stereocenters. The summed E-state index contributed by atoms with van der Waals surface area (Å²) in [5.74, 6) is 1.21. The van der Waals surface area contributed by atoms with Crippen LogP contribution in [0.1, 0.15) is 61.4 Å². The monoisotopic (exact) mass is 360 g/mol. The number of benzene rings is 2. The van der Waals surface area contributed by atoms with Crippen molar-refractivity contribution in [3.05, 3.63) is 64.3 Å². The summed E-state index contributed by atoms with van der Waals surface area (Å²) in [7, 11) is 2.18.